The van der Waals surface area contributed by atoms with Crippen molar-refractivity contribution in [2.75, 3.05) is 18.9 Å². The molecule has 19 heavy (non-hydrogen) atoms. The number of aliphatic hydroxyl groups is 1. The Labute approximate surface area is 121 Å². The van der Waals surface area contributed by atoms with Gasteiger partial charge in [0.25, 0.3) is 0 Å². The molecule has 2 rings (SSSR count). The van der Waals surface area contributed by atoms with Crippen LogP contribution >= 0.6 is 15.9 Å². The van der Waals surface area contributed by atoms with Crippen molar-refractivity contribution in [3.63, 3.8) is 0 Å². The number of anilines is 1. The van der Waals surface area contributed by atoms with Gasteiger partial charge in [-0.3, -0.25) is 0 Å². The predicted molar refractivity (Wildman–Crippen MR) is 77.1 cm³/mol. The summed E-state index contributed by atoms with van der Waals surface area (Å²) < 4.78 is 27.7. The minimum Gasteiger partial charge on any atom is -0.398 e. The van der Waals surface area contributed by atoms with E-state index in [-0.39, 0.29) is 22.6 Å². The third kappa shape index (κ3) is 3.47. The summed E-state index contributed by atoms with van der Waals surface area (Å²) in [5.74, 6) is 0. The van der Waals surface area contributed by atoms with Gasteiger partial charge in [0.15, 0.2) is 0 Å². The molecule has 1 aliphatic rings. The zero-order chi connectivity index (χ0) is 14.1. The molecule has 106 valence electrons. The van der Waals surface area contributed by atoms with Crippen molar-refractivity contribution in [3.8, 4) is 0 Å². The Morgan fingerprint density at radius 1 is 1.42 bits per heavy atom. The van der Waals surface area contributed by atoms with E-state index in [1.54, 1.807) is 12.1 Å². The van der Waals surface area contributed by atoms with Crippen molar-refractivity contribution < 1.29 is 13.5 Å². The highest BCUT2D eigenvalue weighted by atomic mass is 79.9. The fraction of sp³-hybridized carbons (Fsp3) is 0.500. The normalized spacial score (nSPS) is 17.4. The zero-order valence-electron chi connectivity index (χ0n) is 10.4. The Morgan fingerprint density at radius 3 is 2.68 bits per heavy atom. The molecule has 1 aliphatic carbocycles. The minimum absolute atomic E-state index is 0.0669. The Balaban J connectivity index is 2.12. The number of benzene rings is 1. The second-order valence-corrected chi connectivity index (χ2v) is 7.63. The maximum Gasteiger partial charge on any atom is 0.242 e. The first-order chi connectivity index (χ1) is 8.88. The van der Waals surface area contributed by atoms with Crippen LogP contribution in [0, 0.1) is 5.41 Å². The number of sulfonamides is 1. The number of aliphatic hydroxyl groups excluding tert-OH is 1. The average Bonchev–Trinajstić information content (AvgIpc) is 3.11. The third-order valence-electron chi connectivity index (χ3n) is 3.50. The van der Waals surface area contributed by atoms with Crippen LogP contribution in [0.4, 0.5) is 5.69 Å². The molecular weight excluding hydrogens is 332 g/mol. The Hall–Kier alpha value is -0.630. The van der Waals surface area contributed by atoms with Crippen LogP contribution in [0.2, 0.25) is 0 Å². The van der Waals surface area contributed by atoms with Gasteiger partial charge in [-0.15, -0.1) is 0 Å². The molecule has 1 saturated carbocycles. The first-order valence-electron chi connectivity index (χ1n) is 6.04. The van der Waals surface area contributed by atoms with Crippen molar-refractivity contribution in [3.05, 3.63) is 22.7 Å². The molecule has 0 heterocycles. The van der Waals surface area contributed by atoms with Crippen LogP contribution in [0.25, 0.3) is 0 Å². The van der Waals surface area contributed by atoms with Gasteiger partial charge < -0.3 is 10.8 Å². The molecular formula is C12H17BrN2O3S. The van der Waals surface area contributed by atoms with E-state index in [4.69, 9.17) is 10.8 Å². The maximum atomic E-state index is 12.2. The smallest absolute Gasteiger partial charge is 0.242 e. The van der Waals surface area contributed by atoms with Gasteiger partial charge in [0.05, 0.1) is 5.69 Å². The summed E-state index contributed by atoms with van der Waals surface area (Å²) in [5.41, 5.74) is 5.87. The third-order valence-corrected chi connectivity index (χ3v) is 5.45. The van der Waals surface area contributed by atoms with Gasteiger partial charge in [-0.05, 0) is 42.9 Å². The lowest BCUT2D eigenvalue weighted by molar-refractivity contribution is 0.249. The van der Waals surface area contributed by atoms with E-state index in [0.29, 0.717) is 17.4 Å². The molecule has 7 heteroatoms. The van der Waals surface area contributed by atoms with Crippen molar-refractivity contribution in [1.29, 1.82) is 0 Å². The topological polar surface area (TPSA) is 92.4 Å². The highest BCUT2D eigenvalue weighted by molar-refractivity contribution is 9.10. The summed E-state index contributed by atoms with van der Waals surface area (Å²) in [5, 5.41) is 8.97. The molecule has 0 unspecified atom stereocenters. The lowest BCUT2D eigenvalue weighted by Gasteiger charge is -2.15. The zero-order valence-corrected chi connectivity index (χ0v) is 12.8. The van der Waals surface area contributed by atoms with E-state index >= 15 is 0 Å². The van der Waals surface area contributed by atoms with Crippen LogP contribution < -0.4 is 10.5 Å². The molecule has 0 atom stereocenters. The van der Waals surface area contributed by atoms with Gasteiger partial charge in [-0.2, -0.15) is 0 Å². The summed E-state index contributed by atoms with van der Waals surface area (Å²) in [6.07, 6.45) is 2.53. The highest BCUT2D eigenvalue weighted by Gasteiger charge is 2.42. The van der Waals surface area contributed by atoms with Crippen LogP contribution in [0.15, 0.2) is 27.6 Å². The van der Waals surface area contributed by atoms with Crippen molar-refractivity contribution >= 4 is 31.6 Å². The molecule has 0 aliphatic heterocycles. The van der Waals surface area contributed by atoms with Crippen molar-refractivity contribution in [1.82, 2.24) is 4.72 Å². The SMILES string of the molecule is Nc1ccc(Br)cc1S(=O)(=O)NCC1(CCO)CC1. The quantitative estimate of drug-likeness (QED) is 0.678. The van der Waals surface area contributed by atoms with E-state index in [9.17, 15) is 8.42 Å². The number of hydrogen-bond donors (Lipinski definition) is 3. The minimum atomic E-state index is -3.61. The Morgan fingerprint density at radius 2 is 2.11 bits per heavy atom. The van der Waals surface area contributed by atoms with Gasteiger partial charge in [-0.1, -0.05) is 15.9 Å². The number of rotatable bonds is 6. The van der Waals surface area contributed by atoms with Gasteiger partial charge >= 0.3 is 0 Å². The molecule has 0 radical (unpaired) electrons. The monoisotopic (exact) mass is 348 g/mol. The molecule has 0 spiro atoms. The second kappa shape index (κ2) is 5.40. The number of nitrogen functional groups attached to an aromatic ring is 1. The van der Waals surface area contributed by atoms with Crippen LogP contribution in [-0.2, 0) is 10.0 Å². The molecule has 0 amide bonds. The van der Waals surface area contributed by atoms with Crippen LogP contribution in [0.3, 0.4) is 0 Å². The standard InChI is InChI=1S/C12H17BrN2O3S/c13-9-1-2-10(14)11(7-9)19(17,18)15-8-12(3-4-12)5-6-16/h1-2,7,15-16H,3-6,8,14H2. The highest BCUT2D eigenvalue weighted by Crippen LogP contribution is 2.48. The number of nitrogens with two attached hydrogens (primary N) is 1. The van der Waals surface area contributed by atoms with Crippen molar-refractivity contribution in [2.45, 2.75) is 24.2 Å². The van der Waals surface area contributed by atoms with Gasteiger partial charge in [0.2, 0.25) is 10.0 Å². The molecule has 0 saturated heterocycles. The van der Waals surface area contributed by atoms with E-state index in [1.807, 2.05) is 0 Å². The molecule has 1 aromatic rings. The van der Waals surface area contributed by atoms with E-state index in [2.05, 4.69) is 20.7 Å². The molecule has 5 nitrogen and oxygen atoms in total. The Bertz CT molecular complexity index is 570. The number of hydrogen-bond acceptors (Lipinski definition) is 4. The summed E-state index contributed by atoms with van der Waals surface area (Å²) in [4.78, 5) is 0.0849. The first-order valence-corrected chi connectivity index (χ1v) is 8.32. The first kappa shape index (κ1) is 14.8. The summed E-state index contributed by atoms with van der Waals surface area (Å²) in [6, 6.07) is 4.74. The largest absolute Gasteiger partial charge is 0.398 e. The summed E-state index contributed by atoms with van der Waals surface area (Å²) in [6.45, 7) is 0.433. The predicted octanol–water partition coefficient (Wildman–Crippen LogP) is 1.47. The van der Waals surface area contributed by atoms with Gasteiger partial charge in [-0.25, -0.2) is 13.1 Å². The van der Waals surface area contributed by atoms with Gasteiger partial charge in [0.1, 0.15) is 4.90 Å². The molecule has 1 aromatic carbocycles. The molecule has 4 N–H and O–H groups in total. The molecule has 1 fully saturated rings. The second-order valence-electron chi connectivity index (χ2n) is 4.98. The molecule has 0 aromatic heterocycles. The number of halogens is 1. The van der Waals surface area contributed by atoms with Crippen LogP contribution in [-0.4, -0.2) is 26.7 Å². The maximum absolute atomic E-state index is 12.2. The van der Waals surface area contributed by atoms with E-state index in [0.717, 1.165) is 12.8 Å². The van der Waals surface area contributed by atoms with Gasteiger partial charge in [0, 0.05) is 17.6 Å². The van der Waals surface area contributed by atoms with E-state index < -0.39 is 10.0 Å². The summed E-state index contributed by atoms with van der Waals surface area (Å²) in [7, 11) is -3.61. The molecule has 0 bridgehead atoms. The fourth-order valence-corrected chi connectivity index (χ4v) is 3.82. The van der Waals surface area contributed by atoms with Crippen LogP contribution in [0.1, 0.15) is 19.3 Å². The Kier molecular flexibility index (Phi) is 4.20. The fourth-order valence-electron chi connectivity index (χ4n) is 2.00. The average molecular weight is 349 g/mol. The lowest BCUT2D eigenvalue weighted by Crippen LogP contribution is -2.31. The van der Waals surface area contributed by atoms with Crippen molar-refractivity contribution in [2.24, 2.45) is 5.41 Å². The number of nitrogens with one attached hydrogen (secondary N) is 1. The summed E-state index contributed by atoms with van der Waals surface area (Å²) >= 11 is 3.24. The van der Waals surface area contributed by atoms with E-state index in [1.165, 1.54) is 6.07 Å². The lowest BCUT2D eigenvalue weighted by atomic mass is 10.0. The van der Waals surface area contributed by atoms with Crippen LogP contribution in [0.5, 0.6) is 0 Å².